The van der Waals surface area contributed by atoms with Gasteiger partial charge in [0.1, 0.15) is 6.04 Å². The summed E-state index contributed by atoms with van der Waals surface area (Å²) in [6.07, 6.45) is -1.04. The number of benzene rings is 1. The third kappa shape index (κ3) is 3.56. The molecular weight excluding hydrogens is 346 g/mol. The van der Waals surface area contributed by atoms with Gasteiger partial charge in [0, 0.05) is 50.0 Å². The number of nitrogens with one attached hydrogen (secondary N) is 1. The van der Waals surface area contributed by atoms with E-state index in [1.165, 1.54) is 6.92 Å². The van der Waals surface area contributed by atoms with Crippen LogP contribution in [0.1, 0.15) is 12.5 Å². The fourth-order valence-corrected chi connectivity index (χ4v) is 3.77. The molecule has 1 spiro atoms. The van der Waals surface area contributed by atoms with Gasteiger partial charge in [-0.15, -0.1) is 0 Å². The Balaban J connectivity index is 1.62. The lowest BCUT2D eigenvalue weighted by Crippen LogP contribution is -2.74. The molecule has 8 heteroatoms. The smallest absolute Gasteiger partial charge is 0.405 e. The van der Waals surface area contributed by atoms with Crippen molar-refractivity contribution >= 4 is 29.5 Å². The van der Waals surface area contributed by atoms with Gasteiger partial charge in [-0.05, 0) is 11.6 Å². The van der Waals surface area contributed by atoms with Crippen LogP contribution in [-0.2, 0) is 16.0 Å². The average Bonchev–Trinajstić information content (AvgIpc) is 2.45. The highest BCUT2D eigenvalue weighted by molar-refractivity contribution is 6.31. The van der Waals surface area contributed by atoms with Gasteiger partial charge in [-0.25, -0.2) is 4.79 Å². The van der Waals surface area contributed by atoms with Crippen molar-refractivity contribution < 1.29 is 19.5 Å². The molecule has 0 bridgehead atoms. The molecule has 0 aliphatic carbocycles. The molecule has 0 radical (unpaired) electrons. The van der Waals surface area contributed by atoms with E-state index in [0.29, 0.717) is 31.2 Å². The number of carbonyl (C=O) groups is 3. The minimum Gasteiger partial charge on any atom is -0.465 e. The van der Waals surface area contributed by atoms with Crippen LogP contribution in [0.25, 0.3) is 0 Å². The zero-order chi connectivity index (χ0) is 18.2. The Bertz CT molecular complexity index is 710. The zero-order valence-electron chi connectivity index (χ0n) is 13.9. The van der Waals surface area contributed by atoms with Gasteiger partial charge >= 0.3 is 6.09 Å². The molecule has 1 aromatic rings. The quantitative estimate of drug-likeness (QED) is 0.839. The number of amides is 3. The van der Waals surface area contributed by atoms with Gasteiger partial charge in [0.05, 0.1) is 0 Å². The third-order valence-corrected chi connectivity index (χ3v) is 5.21. The first kappa shape index (κ1) is 17.5. The van der Waals surface area contributed by atoms with Gasteiger partial charge < -0.3 is 20.2 Å². The first-order valence-corrected chi connectivity index (χ1v) is 8.45. The highest BCUT2D eigenvalue weighted by Crippen LogP contribution is 2.39. The third-order valence-electron chi connectivity index (χ3n) is 4.84. The molecule has 2 heterocycles. The van der Waals surface area contributed by atoms with Crippen molar-refractivity contribution in [1.82, 2.24) is 15.1 Å². The Labute approximate surface area is 150 Å². The van der Waals surface area contributed by atoms with E-state index in [2.05, 4.69) is 5.32 Å². The predicted octanol–water partition coefficient (Wildman–Crippen LogP) is 1.21. The van der Waals surface area contributed by atoms with Crippen LogP contribution in [0.4, 0.5) is 4.79 Å². The van der Waals surface area contributed by atoms with E-state index in [-0.39, 0.29) is 23.7 Å². The molecule has 7 nitrogen and oxygen atoms in total. The summed E-state index contributed by atoms with van der Waals surface area (Å²) >= 11 is 6.12. The molecule has 1 aromatic carbocycles. The molecule has 3 amide bonds. The van der Waals surface area contributed by atoms with Gasteiger partial charge in [0.2, 0.25) is 11.8 Å². The average molecular weight is 366 g/mol. The predicted molar refractivity (Wildman–Crippen MR) is 91.4 cm³/mol. The van der Waals surface area contributed by atoms with Crippen molar-refractivity contribution in [2.24, 2.45) is 5.41 Å². The molecule has 0 aromatic heterocycles. The highest BCUT2D eigenvalue weighted by Gasteiger charge is 2.54. The number of halogens is 1. The molecule has 0 saturated carbocycles. The van der Waals surface area contributed by atoms with Crippen LogP contribution in [-0.4, -0.2) is 65.0 Å². The largest absolute Gasteiger partial charge is 0.465 e. The van der Waals surface area contributed by atoms with Crippen molar-refractivity contribution in [2.75, 3.05) is 26.2 Å². The van der Waals surface area contributed by atoms with Gasteiger partial charge in [-0.1, -0.05) is 29.8 Å². The summed E-state index contributed by atoms with van der Waals surface area (Å²) in [6, 6.07) is 6.19. The lowest BCUT2D eigenvalue weighted by atomic mass is 9.72. The zero-order valence-corrected chi connectivity index (χ0v) is 14.6. The number of carboxylic acid groups (broad SMARTS) is 1. The van der Waals surface area contributed by atoms with Crippen LogP contribution < -0.4 is 5.32 Å². The molecular formula is C17H20ClN3O4. The van der Waals surface area contributed by atoms with Crippen LogP contribution in [0, 0.1) is 5.41 Å². The number of rotatable bonds is 4. The Morgan fingerprint density at radius 3 is 2.36 bits per heavy atom. The number of hydrogen-bond acceptors (Lipinski definition) is 3. The van der Waals surface area contributed by atoms with E-state index in [9.17, 15) is 14.4 Å². The van der Waals surface area contributed by atoms with Gasteiger partial charge in [-0.3, -0.25) is 9.59 Å². The van der Waals surface area contributed by atoms with E-state index >= 15 is 0 Å². The fourth-order valence-electron chi connectivity index (χ4n) is 3.56. The summed E-state index contributed by atoms with van der Waals surface area (Å²) in [7, 11) is 0. The summed E-state index contributed by atoms with van der Waals surface area (Å²) in [5.74, 6) is -0.214. The Kier molecular flexibility index (Phi) is 4.60. The van der Waals surface area contributed by atoms with Crippen molar-refractivity contribution in [1.29, 1.82) is 0 Å². The monoisotopic (exact) mass is 365 g/mol. The minimum atomic E-state index is -1.24. The minimum absolute atomic E-state index is 0.0144. The SMILES string of the molecule is CC(=O)N1CC2(C1)CN(C(=O)[C@H](Cc1ccccc1Cl)NC(=O)O)C2. The second kappa shape index (κ2) is 6.55. The van der Waals surface area contributed by atoms with Crippen LogP contribution in [0.5, 0.6) is 0 Å². The maximum Gasteiger partial charge on any atom is 0.405 e. The summed E-state index contributed by atoms with van der Waals surface area (Å²) in [5.41, 5.74) is 0.706. The molecule has 2 N–H and O–H groups in total. The maximum atomic E-state index is 12.7. The lowest BCUT2D eigenvalue weighted by Gasteiger charge is -2.60. The van der Waals surface area contributed by atoms with E-state index < -0.39 is 12.1 Å². The van der Waals surface area contributed by atoms with Crippen LogP contribution >= 0.6 is 11.6 Å². The van der Waals surface area contributed by atoms with Gasteiger partial charge in [0.15, 0.2) is 0 Å². The van der Waals surface area contributed by atoms with Crippen LogP contribution in [0.15, 0.2) is 24.3 Å². The molecule has 3 rings (SSSR count). The standard InChI is InChI=1S/C17H20ClN3O4/c1-11(22)20-7-17(8-20)9-21(10-17)15(23)14(19-16(24)25)6-12-4-2-3-5-13(12)18/h2-5,14,19H,6-10H2,1H3,(H,24,25)/t14-/m0/s1. The first-order chi connectivity index (χ1) is 11.8. The van der Waals surface area contributed by atoms with Crippen molar-refractivity contribution in [3.05, 3.63) is 34.9 Å². The molecule has 2 aliphatic heterocycles. The number of likely N-dealkylation sites (tertiary alicyclic amines) is 2. The molecule has 0 unspecified atom stereocenters. The van der Waals surface area contributed by atoms with Gasteiger partial charge in [-0.2, -0.15) is 0 Å². The molecule has 25 heavy (non-hydrogen) atoms. The second-order valence-corrected chi connectivity index (χ2v) is 7.27. The molecule has 2 saturated heterocycles. The van der Waals surface area contributed by atoms with E-state index in [4.69, 9.17) is 16.7 Å². The lowest BCUT2D eigenvalue weighted by molar-refractivity contribution is -0.168. The fraction of sp³-hybridized carbons (Fsp3) is 0.471. The highest BCUT2D eigenvalue weighted by atomic mass is 35.5. The van der Waals surface area contributed by atoms with E-state index in [0.717, 1.165) is 5.56 Å². The van der Waals surface area contributed by atoms with Crippen LogP contribution in [0.2, 0.25) is 5.02 Å². The molecule has 134 valence electrons. The first-order valence-electron chi connectivity index (χ1n) is 8.07. The topological polar surface area (TPSA) is 90.0 Å². The summed E-state index contributed by atoms with van der Waals surface area (Å²) in [4.78, 5) is 38.5. The normalized spacial score (nSPS) is 19.0. The van der Waals surface area contributed by atoms with Crippen molar-refractivity contribution in [3.8, 4) is 0 Å². The van der Waals surface area contributed by atoms with Gasteiger partial charge in [0.25, 0.3) is 0 Å². The van der Waals surface area contributed by atoms with Crippen molar-refractivity contribution in [2.45, 2.75) is 19.4 Å². The van der Waals surface area contributed by atoms with Crippen molar-refractivity contribution in [3.63, 3.8) is 0 Å². The Morgan fingerprint density at radius 1 is 1.20 bits per heavy atom. The van der Waals surface area contributed by atoms with Crippen LogP contribution in [0.3, 0.4) is 0 Å². The van der Waals surface area contributed by atoms with E-state index in [1.807, 2.05) is 0 Å². The Hall–Kier alpha value is -2.28. The second-order valence-electron chi connectivity index (χ2n) is 6.87. The number of nitrogens with zero attached hydrogens (tertiary/aromatic N) is 2. The molecule has 2 aliphatic rings. The summed E-state index contributed by atoms with van der Waals surface area (Å²) < 4.78 is 0. The molecule has 2 fully saturated rings. The summed E-state index contributed by atoms with van der Waals surface area (Å²) in [5, 5.41) is 11.8. The molecule has 1 atom stereocenters. The number of carbonyl (C=O) groups excluding carboxylic acids is 2. The number of hydrogen-bond donors (Lipinski definition) is 2. The Morgan fingerprint density at radius 2 is 1.80 bits per heavy atom. The maximum absolute atomic E-state index is 12.7. The van der Waals surface area contributed by atoms with E-state index in [1.54, 1.807) is 34.1 Å². The summed E-state index contributed by atoms with van der Waals surface area (Å²) in [6.45, 7) is 3.96.